The molecule has 0 aliphatic heterocycles. The number of nitrogens with two attached hydrogens (primary N) is 1. The molecule has 0 fully saturated rings. The fraction of sp³-hybridized carbons (Fsp3) is 0.600. The minimum atomic E-state index is -4.84. The molecular weight excluding hydrogens is 303 g/mol. The Bertz CT molecular complexity index is 436. The summed E-state index contributed by atoms with van der Waals surface area (Å²) in [5.41, 5.74) is 2.36. The molecule has 2 nitrogen and oxygen atoms in total. The zero-order valence-corrected chi connectivity index (χ0v) is 12.7. The lowest BCUT2D eigenvalue weighted by Crippen LogP contribution is -2.55. The van der Waals surface area contributed by atoms with Crippen LogP contribution in [0.15, 0.2) is 24.3 Å². The lowest BCUT2D eigenvalue weighted by Gasteiger charge is -2.36. The highest BCUT2D eigenvalue weighted by molar-refractivity contribution is 6.30. The van der Waals surface area contributed by atoms with Gasteiger partial charge in [-0.15, -0.1) is 0 Å². The van der Waals surface area contributed by atoms with Crippen LogP contribution in [0.1, 0.15) is 44.6 Å². The van der Waals surface area contributed by atoms with Gasteiger partial charge in [-0.25, -0.2) is 0 Å². The molecule has 0 spiro atoms. The number of hydrogen-bond acceptors (Lipinski definition) is 2. The van der Waals surface area contributed by atoms with Crippen LogP contribution in [-0.2, 0) is 5.60 Å². The average Bonchev–Trinajstić information content (AvgIpc) is 2.42. The first-order valence-electron chi connectivity index (χ1n) is 7.04. The Hall–Kier alpha value is -0.780. The van der Waals surface area contributed by atoms with Crippen molar-refractivity contribution >= 4 is 11.6 Å². The molecule has 0 saturated carbocycles. The zero-order valence-electron chi connectivity index (χ0n) is 12.0. The molecule has 21 heavy (non-hydrogen) atoms. The molecule has 1 rings (SSSR count). The van der Waals surface area contributed by atoms with E-state index in [0.717, 1.165) is 19.3 Å². The van der Waals surface area contributed by atoms with Crippen LogP contribution in [0.5, 0.6) is 0 Å². The smallest absolute Gasteiger partial charge is 0.375 e. The first kappa shape index (κ1) is 18.3. The van der Waals surface area contributed by atoms with Gasteiger partial charge in [0.25, 0.3) is 0 Å². The van der Waals surface area contributed by atoms with Gasteiger partial charge in [0, 0.05) is 11.1 Å². The maximum atomic E-state index is 13.4. The van der Waals surface area contributed by atoms with E-state index in [9.17, 15) is 18.3 Å². The van der Waals surface area contributed by atoms with Gasteiger partial charge in [-0.1, -0.05) is 56.3 Å². The van der Waals surface area contributed by atoms with Gasteiger partial charge >= 0.3 is 6.18 Å². The van der Waals surface area contributed by atoms with Crippen LogP contribution >= 0.6 is 11.6 Å². The Kier molecular flexibility index (Phi) is 6.50. The van der Waals surface area contributed by atoms with Crippen LogP contribution in [0.4, 0.5) is 13.2 Å². The topological polar surface area (TPSA) is 46.2 Å². The van der Waals surface area contributed by atoms with Crippen LogP contribution in [0.25, 0.3) is 0 Å². The molecule has 0 radical (unpaired) electrons. The molecule has 0 aromatic heterocycles. The molecule has 1 aromatic rings. The first-order chi connectivity index (χ1) is 9.73. The summed E-state index contributed by atoms with van der Waals surface area (Å²) in [6, 6.07) is 3.56. The second-order valence-electron chi connectivity index (χ2n) is 5.23. The predicted molar refractivity (Wildman–Crippen MR) is 78.1 cm³/mol. The van der Waals surface area contributed by atoms with Crippen molar-refractivity contribution in [3.8, 4) is 0 Å². The van der Waals surface area contributed by atoms with E-state index in [1.165, 1.54) is 24.3 Å². The molecule has 2 unspecified atom stereocenters. The molecule has 6 heteroatoms. The van der Waals surface area contributed by atoms with Crippen LogP contribution in [0.3, 0.4) is 0 Å². The SMILES string of the molecule is CCCCCCC(N)C(O)(c1ccc(Cl)cc1)C(F)(F)F. The highest BCUT2D eigenvalue weighted by Gasteiger charge is 2.58. The molecule has 3 N–H and O–H groups in total. The third kappa shape index (κ3) is 4.34. The molecule has 0 saturated heterocycles. The molecule has 0 heterocycles. The average molecular weight is 324 g/mol. The molecular formula is C15H21ClF3NO. The first-order valence-corrected chi connectivity index (χ1v) is 7.42. The van der Waals surface area contributed by atoms with Gasteiger partial charge in [-0.2, -0.15) is 13.2 Å². The monoisotopic (exact) mass is 323 g/mol. The Labute approximate surface area is 128 Å². The number of hydrogen-bond donors (Lipinski definition) is 2. The molecule has 0 aliphatic rings. The van der Waals surface area contributed by atoms with Crippen molar-refractivity contribution in [2.24, 2.45) is 5.73 Å². The largest absolute Gasteiger partial charge is 0.422 e. The van der Waals surface area contributed by atoms with Gasteiger partial charge in [-0.3, -0.25) is 0 Å². The van der Waals surface area contributed by atoms with Gasteiger partial charge in [0.15, 0.2) is 0 Å². The van der Waals surface area contributed by atoms with Crippen LogP contribution in [-0.4, -0.2) is 17.3 Å². The van der Waals surface area contributed by atoms with E-state index in [2.05, 4.69) is 0 Å². The standard InChI is InChI=1S/C15H21ClF3NO/c1-2-3-4-5-6-13(20)14(21,15(17,18)19)11-7-9-12(16)10-8-11/h7-10,13,21H,2-6,20H2,1H3. The maximum absolute atomic E-state index is 13.4. The second-order valence-corrected chi connectivity index (χ2v) is 5.66. The van der Waals surface area contributed by atoms with Crippen molar-refractivity contribution in [2.75, 3.05) is 0 Å². The van der Waals surface area contributed by atoms with Crippen molar-refractivity contribution in [1.29, 1.82) is 0 Å². The van der Waals surface area contributed by atoms with Gasteiger partial charge in [0.1, 0.15) is 0 Å². The Morgan fingerprint density at radius 1 is 1.14 bits per heavy atom. The molecule has 1 aromatic carbocycles. The molecule has 0 aliphatic carbocycles. The maximum Gasteiger partial charge on any atom is 0.422 e. The van der Waals surface area contributed by atoms with Crippen molar-refractivity contribution in [3.05, 3.63) is 34.9 Å². The molecule has 0 bridgehead atoms. The highest BCUT2D eigenvalue weighted by atomic mass is 35.5. The van der Waals surface area contributed by atoms with Crippen LogP contribution < -0.4 is 5.73 Å². The van der Waals surface area contributed by atoms with Gasteiger partial charge in [0.2, 0.25) is 5.60 Å². The van der Waals surface area contributed by atoms with Crippen molar-refractivity contribution in [1.82, 2.24) is 0 Å². The summed E-state index contributed by atoms with van der Waals surface area (Å²) in [5, 5.41) is 10.5. The minimum absolute atomic E-state index is 0.110. The third-order valence-corrected chi connectivity index (χ3v) is 3.87. The van der Waals surface area contributed by atoms with E-state index < -0.39 is 17.8 Å². The number of alkyl halides is 3. The van der Waals surface area contributed by atoms with E-state index in [-0.39, 0.29) is 12.0 Å². The Morgan fingerprint density at radius 2 is 1.71 bits per heavy atom. The molecule has 0 amide bonds. The van der Waals surface area contributed by atoms with E-state index >= 15 is 0 Å². The van der Waals surface area contributed by atoms with E-state index in [1.54, 1.807) is 0 Å². The third-order valence-electron chi connectivity index (χ3n) is 3.62. The molecule has 120 valence electrons. The fourth-order valence-electron chi connectivity index (χ4n) is 2.29. The summed E-state index contributed by atoms with van der Waals surface area (Å²) in [6.45, 7) is 2.01. The summed E-state index contributed by atoms with van der Waals surface area (Å²) >= 11 is 5.68. The Balaban J connectivity index is 2.96. The van der Waals surface area contributed by atoms with Gasteiger partial charge in [0.05, 0.1) is 0 Å². The predicted octanol–water partition coefficient (Wildman–Crippen LogP) is 4.39. The number of aliphatic hydroxyl groups is 1. The van der Waals surface area contributed by atoms with Gasteiger partial charge < -0.3 is 10.8 Å². The van der Waals surface area contributed by atoms with Crippen molar-refractivity contribution < 1.29 is 18.3 Å². The lowest BCUT2D eigenvalue weighted by atomic mass is 9.83. The van der Waals surface area contributed by atoms with Crippen molar-refractivity contribution in [3.63, 3.8) is 0 Å². The number of unbranched alkanes of at least 4 members (excludes halogenated alkanes) is 3. The summed E-state index contributed by atoms with van der Waals surface area (Å²) in [7, 11) is 0. The van der Waals surface area contributed by atoms with E-state index in [0.29, 0.717) is 11.4 Å². The van der Waals surface area contributed by atoms with E-state index in [4.69, 9.17) is 17.3 Å². The second kappa shape index (κ2) is 7.47. The minimum Gasteiger partial charge on any atom is -0.375 e. The fourth-order valence-corrected chi connectivity index (χ4v) is 2.42. The highest BCUT2D eigenvalue weighted by Crippen LogP contribution is 2.42. The normalized spacial score (nSPS) is 16.5. The van der Waals surface area contributed by atoms with Crippen LogP contribution in [0, 0.1) is 0 Å². The number of benzene rings is 1. The summed E-state index contributed by atoms with van der Waals surface area (Å²) in [5.74, 6) is 0. The lowest BCUT2D eigenvalue weighted by molar-refractivity contribution is -0.275. The number of halogens is 4. The van der Waals surface area contributed by atoms with E-state index in [1.807, 2.05) is 6.92 Å². The quantitative estimate of drug-likeness (QED) is 0.731. The summed E-state index contributed by atoms with van der Waals surface area (Å²) < 4.78 is 40.1. The van der Waals surface area contributed by atoms with Crippen molar-refractivity contribution in [2.45, 2.75) is 56.8 Å². The summed E-state index contributed by atoms with van der Waals surface area (Å²) in [6.07, 6.45) is -1.45. The summed E-state index contributed by atoms with van der Waals surface area (Å²) in [4.78, 5) is 0. The van der Waals surface area contributed by atoms with Crippen LogP contribution in [0.2, 0.25) is 5.02 Å². The Morgan fingerprint density at radius 3 is 2.19 bits per heavy atom. The molecule has 2 atom stereocenters. The van der Waals surface area contributed by atoms with Gasteiger partial charge in [-0.05, 0) is 24.1 Å². The zero-order chi connectivity index (χ0) is 16.1. The number of rotatable bonds is 7.